The summed E-state index contributed by atoms with van der Waals surface area (Å²) in [6.07, 6.45) is 0. The Morgan fingerprint density at radius 2 is 2.13 bits per heavy atom. The molecule has 3 heterocycles. The van der Waals surface area contributed by atoms with Gasteiger partial charge in [-0.05, 0) is 12.1 Å². The number of hydrazine groups is 1. The van der Waals surface area contributed by atoms with E-state index < -0.39 is 7.82 Å². The average Bonchev–Trinajstić information content (AvgIpc) is 2.71. The van der Waals surface area contributed by atoms with Crippen LogP contribution in [0.15, 0.2) is 24.3 Å². The largest absolute Gasteiger partial charge is 0.538 e. The average molecular weight is 230 g/mol. The van der Waals surface area contributed by atoms with E-state index in [-0.39, 0.29) is 0 Å². The summed E-state index contributed by atoms with van der Waals surface area (Å²) in [6, 6.07) is 6.98. The van der Waals surface area contributed by atoms with Crippen molar-refractivity contribution in [2.24, 2.45) is 0 Å². The van der Waals surface area contributed by atoms with Crippen LogP contribution in [0, 0.1) is 0 Å². The zero-order valence-electron chi connectivity index (χ0n) is 7.69. The van der Waals surface area contributed by atoms with Gasteiger partial charge in [-0.1, -0.05) is 6.07 Å². The van der Waals surface area contributed by atoms with Crippen molar-refractivity contribution in [1.29, 1.82) is 0 Å². The Balaban J connectivity index is 1.91. The van der Waals surface area contributed by atoms with Crippen LogP contribution in [0.2, 0.25) is 0 Å². The van der Waals surface area contributed by atoms with Crippen molar-refractivity contribution in [3.63, 3.8) is 0 Å². The second-order valence-corrected chi connectivity index (χ2v) is 4.29. The molecule has 0 radical (unpaired) electrons. The normalized spacial score (nSPS) is 32.6. The monoisotopic (exact) mass is 230 g/mol. The zero-order chi connectivity index (χ0) is 10.5. The molecule has 0 N–H and O–H groups in total. The van der Waals surface area contributed by atoms with Crippen molar-refractivity contribution in [1.82, 2.24) is 5.34 Å². The van der Waals surface area contributed by atoms with Gasteiger partial charge in [0.1, 0.15) is 5.75 Å². The van der Waals surface area contributed by atoms with E-state index >= 15 is 0 Å². The first kappa shape index (κ1) is 9.14. The van der Waals surface area contributed by atoms with Crippen LogP contribution < -0.4 is 9.91 Å². The molecule has 0 atom stereocenters. The molecule has 3 fully saturated rings. The van der Waals surface area contributed by atoms with Gasteiger partial charge in [0, 0.05) is 6.07 Å². The second kappa shape index (κ2) is 2.94. The Bertz CT molecular complexity index is 443. The molecule has 0 aliphatic carbocycles. The third-order valence-electron chi connectivity index (χ3n) is 1.94. The number of nitrogens with zero attached hydrogens (tertiary/aromatic N) is 2. The number of phosphoric acid groups is 1. The van der Waals surface area contributed by atoms with Gasteiger partial charge < -0.3 is 4.74 Å². The van der Waals surface area contributed by atoms with Crippen molar-refractivity contribution in [3.05, 3.63) is 24.3 Å². The number of benzene rings is 1. The van der Waals surface area contributed by atoms with Crippen molar-refractivity contribution in [3.8, 4) is 5.75 Å². The van der Waals surface area contributed by atoms with E-state index in [1.807, 2.05) is 0 Å². The summed E-state index contributed by atoms with van der Waals surface area (Å²) in [4.78, 5) is 0. The molecular weight excluding hydrogens is 223 g/mol. The lowest BCUT2D eigenvalue weighted by Crippen LogP contribution is -2.34. The molecular formula is C7H7N2O5P. The maximum atomic E-state index is 11.2. The summed E-state index contributed by atoms with van der Waals surface area (Å²) >= 11 is 0. The minimum absolute atomic E-state index is 0.601. The lowest BCUT2D eigenvalue weighted by molar-refractivity contribution is -0.318. The van der Waals surface area contributed by atoms with Crippen LogP contribution in [0.3, 0.4) is 0 Å². The molecule has 0 unspecified atom stereocenters. The van der Waals surface area contributed by atoms with Crippen LogP contribution in [0.4, 0.5) is 5.69 Å². The third-order valence-corrected chi connectivity index (χ3v) is 2.97. The number of ether oxygens (including phenoxy) is 1. The lowest BCUT2D eigenvalue weighted by atomic mass is 10.3. The molecule has 1 aromatic rings. The summed E-state index contributed by atoms with van der Waals surface area (Å²) < 4.78 is 30.6. The van der Waals surface area contributed by atoms with Gasteiger partial charge in [0.2, 0.25) is 0 Å². The fraction of sp³-hybridized carbons (Fsp3) is 0.143. The van der Waals surface area contributed by atoms with E-state index in [9.17, 15) is 4.57 Å². The Morgan fingerprint density at radius 1 is 1.33 bits per heavy atom. The first-order chi connectivity index (χ1) is 7.20. The lowest BCUT2D eigenvalue weighted by Gasteiger charge is -2.21. The van der Waals surface area contributed by atoms with Gasteiger partial charge in [-0.3, -0.25) is 0 Å². The molecule has 4 rings (SSSR count). The summed E-state index contributed by atoms with van der Waals surface area (Å²) in [7, 11) is -1.78. The first-order valence-electron chi connectivity index (χ1n) is 4.14. The predicted octanol–water partition coefficient (Wildman–Crippen LogP) is 1.65. The molecule has 80 valence electrons. The highest BCUT2D eigenvalue weighted by atomic mass is 31.2. The molecule has 1 aromatic carbocycles. The van der Waals surface area contributed by atoms with E-state index in [2.05, 4.69) is 0 Å². The molecule has 0 aromatic heterocycles. The topological polar surface area (TPSA) is 60.5 Å². The van der Waals surface area contributed by atoms with Gasteiger partial charge >= 0.3 is 7.82 Å². The summed E-state index contributed by atoms with van der Waals surface area (Å²) in [5.41, 5.74) is 0.601. The molecule has 15 heavy (non-hydrogen) atoms. The Labute approximate surface area is 85.1 Å². The van der Waals surface area contributed by atoms with E-state index in [1.54, 1.807) is 31.4 Å². The molecule has 0 amide bonds. The van der Waals surface area contributed by atoms with Crippen LogP contribution in [0.1, 0.15) is 0 Å². The Morgan fingerprint density at radius 3 is 2.73 bits per heavy atom. The number of hydrogen-bond acceptors (Lipinski definition) is 7. The van der Waals surface area contributed by atoms with Gasteiger partial charge in [-0.15, -0.1) is 19.0 Å². The third kappa shape index (κ3) is 1.33. The zero-order valence-corrected chi connectivity index (χ0v) is 8.59. The summed E-state index contributed by atoms with van der Waals surface area (Å²) in [5, 5.41) is 2.07. The molecule has 7 nitrogen and oxygen atoms in total. The molecule has 0 spiro atoms. The SMILES string of the molecule is COc1cccc(N2OP3(=O)ON2O3)c1. The van der Waals surface area contributed by atoms with E-state index in [0.29, 0.717) is 11.4 Å². The molecule has 0 saturated carbocycles. The minimum atomic E-state index is -3.33. The van der Waals surface area contributed by atoms with Crippen LogP contribution in [-0.2, 0) is 18.4 Å². The van der Waals surface area contributed by atoms with Crippen molar-refractivity contribution >= 4 is 13.5 Å². The predicted molar refractivity (Wildman–Crippen MR) is 48.2 cm³/mol. The fourth-order valence-electron chi connectivity index (χ4n) is 1.27. The number of rotatable bonds is 2. The van der Waals surface area contributed by atoms with Gasteiger partial charge in [-0.2, -0.15) is 0 Å². The van der Waals surface area contributed by atoms with Gasteiger partial charge in [0.15, 0.2) is 0 Å². The van der Waals surface area contributed by atoms with Crippen LogP contribution >= 0.6 is 7.82 Å². The quantitative estimate of drug-likeness (QED) is 0.715. The molecule has 8 heteroatoms. The van der Waals surface area contributed by atoms with Crippen molar-refractivity contribution < 1.29 is 23.2 Å². The molecule has 3 aliphatic heterocycles. The summed E-state index contributed by atoms with van der Waals surface area (Å²) in [6.45, 7) is 0. The van der Waals surface area contributed by atoms with E-state index in [1.165, 1.54) is 0 Å². The molecule has 2 bridgehead atoms. The van der Waals surface area contributed by atoms with E-state index in [0.717, 1.165) is 10.5 Å². The number of fused-ring (bicyclic) bond motifs is 1. The highest BCUT2D eigenvalue weighted by Gasteiger charge is 2.60. The first-order valence-corrected chi connectivity index (χ1v) is 5.60. The minimum Gasteiger partial charge on any atom is -0.497 e. The van der Waals surface area contributed by atoms with Crippen LogP contribution in [0.5, 0.6) is 5.75 Å². The highest BCUT2D eigenvalue weighted by molar-refractivity contribution is 7.49. The Kier molecular flexibility index (Phi) is 1.79. The maximum absolute atomic E-state index is 11.2. The smallest absolute Gasteiger partial charge is 0.497 e. The second-order valence-electron chi connectivity index (χ2n) is 2.90. The maximum Gasteiger partial charge on any atom is 0.538 e. The number of methoxy groups -OCH3 is 1. The van der Waals surface area contributed by atoms with Crippen molar-refractivity contribution in [2.75, 3.05) is 12.3 Å². The van der Waals surface area contributed by atoms with Crippen molar-refractivity contribution in [2.45, 2.75) is 0 Å². The number of hydrogen-bond donors (Lipinski definition) is 0. The Hall–Kier alpha value is -1.11. The van der Waals surface area contributed by atoms with Gasteiger partial charge in [-0.25, -0.2) is 4.57 Å². The van der Waals surface area contributed by atoms with E-state index in [4.69, 9.17) is 18.6 Å². The fourth-order valence-corrected chi connectivity index (χ4v) is 2.16. The highest BCUT2D eigenvalue weighted by Crippen LogP contribution is 2.67. The van der Waals surface area contributed by atoms with Crippen LogP contribution in [0.25, 0.3) is 0 Å². The number of anilines is 1. The summed E-state index contributed by atoms with van der Waals surface area (Å²) in [5.74, 6) is 0.652. The van der Waals surface area contributed by atoms with Gasteiger partial charge in [0.25, 0.3) is 0 Å². The molecule has 3 saturated heterocycles. The van der Waals surface area contributed by atoms with Crippen LogP contribution in [-0.4, -0.2) is 12.4 Å². The van der Waals surface area contributed by atoms with Gasteiger partial charge in [0.05, 0.1) is 18.1 Å². The standard InChI is InChI=1S/C7H7N2O5P/c1-11-7-4-2-3-6(5-7)8-9-13-15(10,12-8)14-9/h2-5H,1H3. The molecule has 3 aliphatic rings.